The van der Waals surface area contributed by atoms with Gasteiger partial charge in [-0.15, -0.1) is 0 Å². The molecule has 5 rings (SSSR count). The van der Waals surface area contributed by atoms with Crippen LogP contribution in [0.4, 0.5) is 0 Å². The molecule has 172 valence electrons. The van der Waals surface area contributed by atoms with E-state index in [0.29, 0.717) is 12.5 Å². The smallest absolute Gasteiger partial charge is 0.277 e. The van der Waals surface area contributed by atoms with Crippen molar-refractivity contribution in [2.24, 2.45) is 0 Å². The standard InChI is InChI=1S/C28H33N3O2/c1-20-6-3-4-7-22(20)8-5-9-23-14-17-31-26-15-16-30(19-25(26)28(32)29-27(23)31)18-21-10-12-24(33-2)13-11-21/h3-4,6-7,10-13,23H,5,8-9,14-19H2,1-2H3. The third kappa shape index (κ3) is 4.60. The van der Waals surface area contributed by atoms with E-state index in [1.54, 1.807) is 7.11 Å². The zero-order valence-corrected chi connectivity index (χ0v) is 19.7. The molecule has 5 nitrogen and oxygen atoms in total. The van der Waals surface area contributed by atoms with Crippen LogP contribution in [0.15, 0.2) is 53.3 Å². The largest absolute Gasteiger partial charge is 0.497 e. The Balaban J connectivity index is 1.26. The molecule has 1 aromatic heterocycles. The molecule has 0 saturated heterocycles. The molecule has 2 aliphatic heterocycles. The number of aromatic nitrogens is 2. The average Bonchev–Trinajstić information content (AvgIpc) is 3.23. The molecule has 0 amide bonds. The SMILES string of the molecule is COc1ccc(CN2CCc3c(c(=O)nc4n3CCC4CCCc3ccccc3C)C2)cc1. The fourth-order valence-electron chi connectivity index (χ4n) is 5.47. The highest BCUT2D eigenvalue weighted by atomic mass is 16.5. The highest BCUT2D eigenvalue weighted by molar-refractivity contribution is 5.29. The molecule has 0 fully saturated rings. The van der Waals surface area contributed by atoms with Crippen molar-refractivity contribution in [2.45, 2.75) is 64.6 Å². The molecule has 1 unspecified atom stereocenters. The van der Waals surface area contributed by atoms with Crippen LogP contribution in [0.5, 0.6) is 5.75 Å². The van der Waals surface area contributed by atoms with Gasteiger partial charge in [-0.25, -0.2) is 0 Å². The number of hydrogen-bond donors (Lipinski definition) is 0. The molecule has 0 radical (unpaired) electrons. The first-order chi connectivity index (χ1) is 16.1. The fraction of sp³-hybridized carbons (Fsp3) is 0.429. The van der Waals surface area contributed by atoms with Gasteiger partial charge in [-0.05, 0) is 61.4 Å². The fourth-order valence-corrected chi connectivity index (χ4v) is 5.47. The highest BCUT2D eigenvalue weighted by Gasteiger charge is 2.30. The monoisotopic (exact) mass is 443 g/mol. The minimum Gasteiger partial charge on any atom is -0.497 e. The summed E-state index contributed by atoms with van der Waals surface area (Å²) in [6.45, 7) is 5.68. The molecule has 3 aromatic rings. The summed E-state index contributed by atoms with van der Waals surface area (Å²) in [6.07, 6.45) is 5.36. The Morgan fingerprint density at radius 2 is 1.91 bits per heavy atom. The Bertz CT molecular complexity index is 1180. The van der Waals surface area contributed by atoms with Crippen LogP contribution in [0, 0.1) is 6.92 Å². The zero-order valence-electron chi connectivity index (χ0n) is 19.7. The topological polar surface area (TPSA) is 47.4 Å². The number of fused-ring (bicyclic) bond motifs is 3. The molecule has 0 N–H and O–H groups in total. The number of methoxy groups -OCH3 is 1. The molecule has 0 saturated carbocycles. The van der Waals surface area contributed by atoms with Gasteiger partial charge in [0.25, 0.3) is 5.56 Å². The van der Waals surface area contributed by atoms with E-state index in [0.717, 1.165) is 68.9 Å². The van der Waals surface area contributed by atoms with Crippen LogP contribution in [0.25, 0.3) is 0 Å². The average molecular weight is 444 g/mol. The Morgan fingerprint density at radius 3 is 2.70 bits per heavy atom. The third-order valence-electron chi connectivity index (χ3n) is 7.36. The van der Waals surface area contributed by atoms with Gasteiger partial charge >= 0.3 is 0 Å². The van der Waals surface area contributed by atoms with Crippen LogP contribution >= 0.6 is 0 Å². The van der Waals surface area contributed by atoms with Gasteiger partial charge in [-0.3, -0.25) is 9.69 Å². The van der Waals surface area contributed by atoms with Crippen LogP contribution in [0.1, 0.15) is 59.0 Å². The Labute approximate surface area is 196 Å². The first-order valence-corrected chi connectivity index (χ1v) is 12.1. The van der Waals surface area contributed by atoms with Gasteiger partial charge in [0, 0.05) is 44.2 Å². The summed E-state index contributed by atoms with van der Waals surface area (Å²) < 4.78 is 7.63. The van der Waals surface area contributed by atoms with Crippen LogP contribution in [0.2, 0.25) is 0 Å². The van der Waals surface area contributed by atoms with Crippen molar-refractivity contribution in [3.05, 3.63) is 92.7 Å². The molecular formula is C28H33N3O2. The number of hydrogen-bond acceptors (Lipinski definition) is 4. The maximum Gasteiger partial charge on any atom is 0.277 e. The molecule has 0 bridgehead atoms. The Morgan fingerprint density at radius 1 is 1.09 bits per heavy atom. The predicted octanol–water partition coefficient (Wildman–Crippen LogP) is 4.63. The lowest BCUT2D eigenvalue weighted by atomic mass is 9.96. The van der Waals surface area contributed by atoms with E-state index in [1.807, 2.05) is 12.1 Å². The van der Waals surface area contributed by atoms with E-state index >= 15 is 0 Å². The van der Waals surface area contributed by atoms with Crippen LogP contribution in [-0.4, -0.2) is 28.1 Å². The maximum absolute atomic E-state index is 13.0. The van der Waals surface area contributed by atoms with E-state index in [2.05, 4.69) is 57.8 Å². The van der Waals surface area contributed by atoms with Crippen molar-refractivity contribution >= 4 is 0 Å². The summed E-state index contributed by atoms with van der Waals surface area (Å²) in [5.74, 6) is 2.31. The molecule has 2 aliphatic rings. The van der Waals surface area contributed by atoms with Crippen LogP contribution in [0.3, 0.4) is 0 Å². The van der Waals surface area contributed by atoms with Crippen LogP contribution in [-0.2, 0) is 32.5 Å². The Kier molecular flexibility index (Phi) is 6.32. The number of ether oxygens (including phenoxy) is 1. The van der Waals surface area contributed by atoms with Gasteiger partial charge in [0.15, 0.2) is 0 Å². The van der Waals surface area contributed by atoms with E-state index < -0.39 is 0 Å². The predicted molar refractivity (Wildman–Crippen MR) is 131 cm³/mol. The summed E-state index contributed by atoms with van der Waals surface area (Å²) >= 11 is 0. The van der Waals surface area contributed by atoms with Gasteiger partial charge in [0.1, 0.15) is 11.6 Å². The summed E-state index contributed by atoms with van der Waals surface area (Å²) in [6, 6.07) is 16.8. The number of nitrogens with zero attached hydrogens (tertiary/aromatic N) is 3. The normalized spacial score (nSPS) is 17.6. The van der Waals surface area contributed by atoms with Gasteiger partial charge in [0.2, 0.25) is 0 Å². The molecular weight excluding hydrogens is 410 g/mol. The second kappa shape index (κ2) is 9.52. The van der Waals surface area contributed by atoms with Crippen molar-refractivity contribution in [2.75, 3.05) is 13.7 Å². The summed E-state index contributed by atoms with van der Waals surface area (Å²) in [5.41, 5.74) is 6.16. The summed E-state index contributed by atoms with van der Waals surface area (Å²) in [7, 11) is 1.68. The quantitative estimate of drug-likeness (QED) is 0.534. The molecule has 0 spiro atoms. The molecule has 1 atom stereocenters. The van der Waals surface area contributed by atoms with Crippen molar-refractivity contribution in [3.63, 3.8) is 0 Å². The first-order valence-electron chi connectivity index (χ1n) is 12.1. The first kappa shape index (κ1) is 21.9. The zero-order chi connectivity index (χ0) is 22.8. The van der Waals surface area contributed by atoms with Crippen molar-refractivity contribution < 1.29 is 4.74 Å². The molecule has 2 aromatic carbocycles. The second-order valence-corrected chi connectivity index (χ2v) is 9.47. The van der Waals surface area contributed by atoms with E-state index in [1.165, 1.54) is 22.4 Å². The maximum atomic E-state index is 13.0. The molecule has 0 aliphatic carbocycles. The number of aryl methyl sites for hydroxylation is 2. The molecule has 3 heterocycles. The van der Waals surface area contributed by atoms with Gasteiger partial charge < -0.3 is 9.30 Å². The van der Waals surface area contributed by atoms with E-state index in [-0.39, 0.29) is 5.56 Å². The van der Waals surface area contributed by atoms with Gasteiger partial charge in [-0.1, -0.05) is 36.4 Å². The summed E-state index contributed by atoms with van der Waals surface area (Å²) in [4.78, 5) is 20.0. The second-order valence-electron chi connectivity index (χ2n) is 9.47. The lowest BCUT2D eigenvalue weighted by Crippen LogP contribution is -2.37. The van der Waals surface area contributed by atoms with Crippen molar-refractivity contribution in [3.8, 4) is 5.75 Å². The third-order valence-corrected chi connectivity index (χ3v) is 7.36. The highest BCUT2D eigenvalue weighted by Crippen LogP contribution is 2.33. The number of rotatable bonds is 7. The van der Waals surface area contributed by atoms with Crippen molar-refractivity contribution in [1.29, 1.82) is 0 Å². The minimum absolute atomic E-state index is 0.0125. The Hall–Kier alpha value is -2.92. The lowest BCUT2D eigenvalue weighted by Gasteiger charge is -2.30. The molecule has 5 heteroatoms. The minimum atomic E-state index is -0.0125. The number of benzene rings is 2. The van der Waals surface area contributed by atoms with Gasteiger partial charge in [-0.2, -0.15) is 4.98 Å². The van der Waals surface area contributed by atoms with Gasteiger partial charge in [0.05, 0.1) is 12.7 Å². The van der Waals surface area contributed by atoms with Crippen molar-refractivity contribution in [1.82, 2.24) is 14.5 Å². The van der Waals surface area contributed by atoms with E-state index in [4.69, 9.17) is 4.74 Å². The summed E-state index contributed by atoms with van der Waals surface area (Å²) in [5, 5.41) is 0. The van der Waals surface area contributed by atoms with Crippen LogP contribution < -0.4 is 10.3 Å². The van der Waals surface area contributed by atoms with E-state index in [9.17, 15) is 4.79 Å². The molecule has 33 heavy (non-hydrogen) atoms. The lowest BCUT2D eigenvalue weighted by molar-refractivity contribution is 0.238.